The Balaban J connectivity index is 3.95. The fourth-order valence-electron chi connectivity index (χ4n) is 0.253. The van der Waals surface area contributed by atoms with Crippen molar-refractivity contribution in [3.8, 4) is 0 Å². The number of rotatable bonds is 1. The minimum Gasteiger partial charge on any atom is -0.368 e. The van der Waals surface area contributed by atoms with Crippen LogP contribution in [0.15, 0.2) is 9.98 Å². The van der Waals surface area contributed by atoms with Gasteiger partial charge in [0.05, 0.1) is 0 Å². The first kappa shape index (κ1) is 8.43. The van der Waals surface area contributed by atoms with E-state index in [4.69, 9.17) is 17.3 Å². The van der Waals surface area contributed by atoms with Crippen LogP contribution < -0.4 is 5.73 Å². The van der Waals surface area contributed by atoms with E-state index >= 15 is 0 Å². The summed E-state index contributed by atoms with van der Waals surface area (Å²) < 4.78 is 0. The summed E-state index contributed by atoms with van der Waals surface area (Å²) in [5.74, 6) is 0.224. The van der Waals surface area contributed by atoms with E-state index in [1.54, 1.807) is 7.05 Å². The second kappa shape index (κ2) is 4.32. The van der Waals surface area contributed by atoms with Gasteiger partial charge in [0, 0.05) is 7.05 Å². The number of guanidine groups is 1. The normalized spacial score (nSPS) is 14.1. The van der Waals surface area contributed by atoms with E-state index in [1.807, 2.05) is 6.92 Å². The quantitative estimate of drug-likeness (QED) is 0.436. The van der Waals surface area contributed by atoms with Crippen LogP contribution in [-0.2, 0) is 0 Å². The van der Waals surface area contributed by atoms with Crippen LogP contribution >= 0.6 is 11.6 Å². The Bertz CT molecular complexity index is 139. The lowest BCUT2D eigenvalue weighted by atomic mass is 10.5. The molecular formula is C5H10ClN3. The first-order valence-corrected chi connectivity index (χ1v) is 3.03. The van der Waals surface area contributed by atoms with Crippen LogP contribution in [0.25, 0.3) is 0 Å². The van der Waals surface area contributed by atoms with Crippen molar-refractivity contribution in [2.75, 3.05) is 7.05 Å². The molecule has 9 heavy (non-hydrogen) atoms. The summed E-state index contributed by atoms with van der Waals surface area (Å²) in [7, 11) is 1.57. The van der Waals surface area contributed by atoms with Gasteiger partial charge >= 0.3 is 0 Å². The van der Waals surface area contributed by atoms with Gasteiger partial charge in [-0.1, -0.05) is 18.5 Å². The molecule has 0 radical (unpaired) electrons. The van der Waals surface area contributed by atoms with E-state index in [9.17, 15) is 0 Å². The van der Waals surface area contributed by atoms with Gasteiger partial charge in [-0.05, 0) is 6.42 Å². The Morgan fingerprint density at radius 3 is 2.56 bits per heavy atom. The fraction of sp³-hybridized carbons (Fsp3) is 0.600. The third kappa shape index (κ3) is 3.97. The van der Waals surface area contributed by atoms with Crippen molar-refractivity contribution in [1.29, 1.82) is 0 Å². The molecule has 4 heteroatoms. The molecule has 52 valence electrons. The van der Waals surface area contributed by atoms with Gasteiger partial charge in [-0.2, -0.15) is 0 Å². The summed E-state index contributed by atoms with van der Waals surface area (Å²) in [5.41, 5.74) is 5.23. The van der Waals surface area contributed by atoms with Gasteiger partial charge in [-0.25, -0.2) is 4.99 Å². The molecule has 3 nitrogen and oxygen atoms in total. The highest BCUT2D eigenvalue weighted by molar-refractivity contribution is 6.66. The number of hydrogen-bond donors (Lipinski definition) is 1. The van der Waals surface area contributed by atoms with E-state index in [0.717, 1.165) is 0 Å². The molecule has 0 aromatic heterocycles. The maximum atomic E-state index is 5.53. The molecule has 0 rings (SSSR count). The predicted molar refractivity (Wildman–Crippen MR) is 41.1 cm³/mol. The van der Waals surface area contributed by atoms with Gasteiger partial charge in [0.15, 0.2) is 0 Å². The molecule has 0 atom stereocenters. The number of nitrogens with zero attached hydrogens (tertiary/aromatic N) is 2. The number of nitrogens with two attached hydrogens (primary N) is 1. The molecule has 0 saturated heterocycles. The van der Waals surface area contributed by atoms with E-state index in [2.05, 4.69) is 9.98 Å². The molecule has 0 aromatic rings. The van der Waals surface area contributed by atoms with Crippen molar-refractivity contribution < 1.29 is 0 Å². The Morgan fingerprint density at radius 2 is 2.22 bits per heavy atom. The molecule has 0 bridgehead atoms. The van der Waals surface area contributed by atoms with Crippen molar-refractivity contribution in [2.45, 2.75) is 13.3 Å². The van der Waals surface area contributed by atoms with Crippen LogP contribution in [0.5, 0.6) is 0 Å². The zero-order chi connectivity index (χ0) is 7.28. The Morgan fingerprint density at radius 1 is 1.67 bits per heavy atom. The molecule has 0 spiro atoms. The molecule has 0 heterocycles. The molecule has 0 aromatic carbocycles. The first-order chi connectivity index (χ1) is 4.20. The largest absolute Gasteiger partial charge is 0.368 e. The third-order valence-electron chi connectivity index (χ3n) is 0.757. The average molecular weight is 148 g/mol. The van der Waals surface area contributed by atoms with Crippen molar-refractivity contribution in [1.82, 2.24) is 0 Å². The predicted octanol–water partition coefficient (Wildman–Crippen LogP) is 0.978. The van der Waals surface area contributed by atoms with Crippen molar-refractivity contribution >= 4 is 22.7 Å². The van der Waals surface area contributed by atoms with E-state index in [0.29, 0.717) is 11.6 Å². The highest BCUT2D eigenvalue weighted by Gasteiger charge is 1.88. The maximum absolute atomic E-state index is 5.53. The van der Waals surface area contributed by atoms with Gasteiger partial charge in [0.25, 0.3) is 0 Å². The van der Waals surface area contributed by atoms with Crippen LogP contribution in [0.3, 0.4) is 0 Å². The molecule has 0 fully saturated rings. The summed E-state index contributed by atoms with van der Waals surface area (Å²) in [6.45, 7) is 1.90. The summed E-state index contributed by atoms with van der Waals surface area (Å²) in [6.07, 6.45) is 0.692. The Labute approximate surface area is 59.6 Å². The summed E-state index contributed by atoms with van der Waals surface area (Å²) in [6, 6.07) is 0. The average Bonchev–Trinajstić information content (AvgIpc) is 1.87. The molecule has 0 aliphatic carbocycles. The van der Waals surface area contributed by atoms with Gasteiger partial charge in [0.1, 0.15) is 5.17 Å². The smallest absolute Gasteiger partial charge is 0.216 e. The lowest BCUT2D eigenvalue weighted by Crippen LogP contribution is -2.09. The van der Waals surface area contributed by atoms with Gasteiger partial charge in [-0.15, -0.1) is 0 Å². The minimum absolute atomic E-state index is 0.224. The van der Waals surface area contributed by atoms with Crippen molar-refractivity contribution in [2.24, 2.45) is 15.7 Å². The SMILES string of the molecule is CCC(Cl)=NC(N)=NC. The third-order valence-corrected chi connectivity index (χ3v) is 1.11. The van der Waals surface area contributed by atoms with E-state index in [-0.39, 0.29) is 5.96 Å². The zero-order valence-electron chi connectivity index (χ0n) is 5.56. The molecule has 0 saturated carbocycles. The topological polar surface area (TPSA) is 50.7 Å². The molecule has 0 unspecified atom stereocenters. The number of hydrogen-bond acceptors (Lipinski definition) is 1. The fourth-order valence-corrected chi connectivity index (χ4v) is 0.340. The summed E-state index contributed by atoms with van der Waals surface area (Å²) in [5, 5.41) is 0.484. The summed E-state index contributed by atoms with van der Waals surface area (Å²) >= 11 is 5.53. The van der Waals surface area contributed by atoms with Crippen LogP contribution in [0.2, 0.25) is 0 Å². The van der Waals surface area contributed by atoms with Crippen LogP contribution in [0.1, 0.15) is 13.3 Å². The lowest BCUT2D eigenvalue weighted by Gasteiger charge is -1.89. The van der Waals surface area contributed by atoms with E-state index in [1.165, 1.54) is 0 Å². The Kier molecular flexibility index (Phi) is 4.05. The van der Waals surface area contributed by atoms with Gasteiger partial charge < -0.3 is 5.73 Å². The maximum Gasteiger partial charge on any atom is 0.216 e. The molecule has 0 aliphatic heterocycles. The molecule has 0 amide bonds. The van der Waals surface area contributed by atoms with Gasteiger partial charge in [0.2, 0.25) is 5.96 Å². The number of aliphatic imine (C=N–C) groups is 2. The van der Waals surface area contributed by atoms with Crippen LogP contribution in [-0.4, -0.2) is 18.2 Å². The molecular weight excluding hydrogens is 138 g/mol. The summed E-state index contributed by atoms with van der Waals surface area (Å²) in [4.78, 5) is 7.32. The lowest BCUT2D eigenvalue weighted by molar-refractivity contribution is 1.29. The second-order valence-electron chi connectivity index (χ2n) is 1.42. The molecule has 0 aliphatic rings. The van der Waals surface area contributed by atoms with E-state index < -0.39 is 0 Å². The van der Waals surface area contributed by atoms with Crippen LogP contribution in [0.4, 0.5) is 0 Å². The minimum atomic E-state index is 0.224. The molecule has 2 N–H and O–H groups in total. The monoisotopic (exact) mass is 147 g/mol. The Hall–Kier alpha value is -0.570. The second-order valence-corrected chi connectivity index (χ2v) is 1.86. The highest BCUT2D eigenvalue weighted by Crippen LogP contribution is 1.90. The van der Waals surface area contributed by atoms with Gasteiger partial charge in [-0.3, -0.25) is 4.99 Å². The first-order valence-electron chi connectivity index (χ1n) is 2.66. The van der Waals surface area contributed by atoms with Crippen molar-refractivity contribution in [3.05, 3.63) is 0 Å². The zero-order valence-corrected chi connectivity index (χ0v) is 6.31. The standard InChI is InChI=1S/C5H10ClN3/c1-3-4(6)9-5(7)8-2/h3H2,1-2H3,(H2,7,8). The van der Waals surface area contributed by atoms with Crippen LogP contribution in [0, 0.1) is 0 Å². The highest BCUT2D eigenvalue weighted by atomic mass is 35.5. The van der Waals surface area contributed by atoms with Crippen molar-refractivity contribution in [3.63, 3.8) is 0 Å². The number of halogens is 1.